The van der Waals surface area contributed by atoms with Gasteiger partial charge in [-0.2, -0.15) is 0 Å². The van der Waals surface area contributed by atoms with Crippen molar-refractivity contribution in [3.8, 4) is 0 Å². The third-order valence-electron chi connectivity index (χ3n) is 4.11. The first-order chi connectivity index (χ1) is 11.7. The second-order valence-corrected chi connectivity index (χ2v) is 5.87. The first kappa shape index (κ1) is 16.2. The van der Waals surface area contributed by atoms with Crippen LogP contribution < -0.4 is 0 Å². The Bertz CT molecular complexity index is 688. The number of hydrogen-bond donors (Lipinski definition) is 0. The number of nitrogens with zero attached hydrogens (tertiary/aromatic N) is 2. The van der Waals surface area contributed by atoms with Gasteiger partial charge < -0.3 is 9.64 Å². The van der Waals surface area contributed by atoms with Gasteiger partial charge in [0.25, 0.3) is 5.91 Å². The van der Waals surface area contributed by atoms with E-state index in [9.17, 15) is 9.59 Å². The molecule has 0 bridgehead atoms. The summed E-state index contributed by atoms with van der Waals surface area (Å²) in [6.45, 7) is 1.07. The van der Waals surface area contributed by atoms with Crippen molar-refractivity contribution >= 4 is 11.9 Å². The maximum absolute atomic E-state index is 12.7. The number of aromatic nitrogens is 1. The van der Waals surface area contributed by atoms with Crippen molar-refractivity contribution < 1.29 is 14.3 Å². The molecule has 124 valence electrons. The van der Waals surface area contributed by atoms with E-state index in [0.29, 0.717) is 25.9 Å². The fraction of sp³-hybridized carbons (Fsp3) is 0.316. The molecule has 1 aromatic heterocycles. The zero-order chi connectivity index (χ0) is 16.8. The van der Waals surface area contributed by atoms with Gasteiger partial charge in [-0.3, -0.25) is 14.6 Å². The molecule has 1 aromatic carbocycles. The Kier molecular flexibility index (Phi) is 5.21. The van der Waals surface area contributed by atoms with Crippen LogP contribution in [0.25, 0.3) is 0 Å². The Morgan fingerprint density at radius 2 is 1.88 bits per heavy atom. The van der Waals surface area contributed by atoms with Crippen LogP contribution in [0.3, 0.4) is 0 Å². The minimum absolute atomic E-state index is 0.117. The molecule has 2 aromatic rings. The van der Waals surface area contributed by atoms with E-state index in [-0.39, 0.29) is 11.9 Å². The molecule has 0 radical (unpaired) electrons. The minimum Gasteiger partial charge on any atom is -0.452 e. The van der Waals surface area contributed by atoms with Crippen LogP contribution in [0.4, 0.5) is 0 Å². The number of pyridine rings is 1. The van der Waals surface area contributed by atoms with Gasteiger partial charge in [-0.15, -0.1) is 0 Å². The number of carbonyl (C=O) groups is 2. The highest BCUT2D eigenvalue weighted by atomic mass is 16.6. The normalized spacial score (nSPS) is 16.7. The standard InChI is InChI=1S/C19H20N2O3/c22-18-7-6-17(24-18)19(23)21(14-16-8-11-20-12-9-16)13-10-15-4-2-1-3-5-15/h1-5,8-9,11-12,17H,6-7,10,13-14H2/t17-/m1/s1. The minimum atomic E-state index is -0.643. The van der Waals surface area contributed by atoms with Crippen molar-refractivity contribution in [2.75, 3.05) is 6.54 Å². The summed E-state index contributed by atoms with van der Waals surface area (Å²) in [5.41, 5.74) is 2.18. The van der Waals surface area contributed by atoms with Gasteiger partial charge in [0, 0.05) is 38.3 Å². The number of rotatable bonds is 6. The monoisotopic (exact) mass is 324 g/mol. The average Bonchev–Trinajstić information content (AvgIpc) is 3.06. The second kappa shape index (κ2) is 7.73. The van der Waals surface area contributed by atoms with Gasteiger partial charge in [-0.05, 0) is 29.7 Å². The lowest BCUT2D eigenvalue weighted by Crippen LogP contribution is -2.39. The predicted molar refractivity (Wildman–Crippen MR) is 88.9 cm³/mol. The van der Waals surface area contributed by atoms with Crippen LogP contribution >= 0.6 is 0 Å². The molecule has 0 unspecified atom stereocenters. The smallest absolute Gasteiger partial charge is 0.306 e. The van der Waals surface area contributed by atoms with E-state index in [2.05, 4.69) is 4.98 Å². The summed E-state index contributed by atoms with van der Waals surface area (Å²) < 4.78 is 5.15. The molecule has 1 amide bonds. The van der Waals surface area contributed by atoms with Gasteiger partial charge in [-0.1, -0.05) is 30.3 Å². The summed E-state index contributed by atoms with van der Waals surface area (Å²) in [7, 11) is 0. The molecule has 5 nitrogen and oxygen atoms in total. The Balaban J connectivity index is 1.70. The summed E-state index contributed by atoms with van der Waals surface area (Å²) in [6.07, 6.45) is 4.33. The molecule has 1 atom stereocenters. The highest BCUT2D eigenvalue weighted by Gasteiger charge is 2.33. The number of benzene rings is 1. The molecular weight excluding hydrogens is 304 g/mol. The first-order valence-electron chi connectivity index (χ1n) is 8.13. The van der Waals surface area contributed by atoms with E-state index in [0.717, 1.165) is 12.0 Å². The molecule has 24 heavy (non-hydrogen) atoms. The lowest BCUT2D eigenvalue weighted by Gasteiger charge is -2.25. The molecule has 0 spiro atoms. The number of carbonyl (C=O) groups excluding carboxylic acids is 2. The summed E-state index contributed by atoms with van der Waals surface area (Å²) in [6, 6.07) is 13.8. The zero-order valence-electron chi connectivity index (χ0n) is 13.4. The molecule has 5 heteroatoms. The highest BCUT2D eigenvalue weighted by Crippen LogP contribution is 2.18. The SMILES string of the molecule is O=C1CC[C@H](C(=O)N(CCc2ccccc2)Cc2ccncc2)O1. The van der Waals surface area contributed by atoms with Crippen LogP contribution in [-0.2, 0) is 27.3 Å². The van der Waals surface area contributed by atoms with E-state index in [4.69, 9.17) is 4.74 Å². The van der Waals surface area contributed by atoms with Crippen LogP contribution in [0.5, 0.6) is 0 Å². The van der Waals surface area contributed by atoms with Gasteiger partial charge in [0.2, 0.25) is 0 Å². The zero-order valence-corrected chi connectivity index (χ0v) is 13.4. The van der Waals surface area contributed by atoms with Gasteiger partial charge >= 0.3 is 5.97 Å². The van der Waals surface area contributed by atoms with Crippen LogP contribution in [0, 0.1) is 0 Å². The van der Waals surface area contributed by atoms with Crippen LogP contribution in [-0.4, -0.2) is 34.4 Å². The van der Waals surface area contributed by atoms with Crippen LogP contribution in [0.15, 0.2) is 54.9 Å². The summed E-state index contributed by atoms with van der Waals surface area (Å²) in [5, 5.41) is 0. The van der Waals surface area contributed by atoms with E-state index >= 15 is 0 Å². The lowest BCUT2D eigenvalue weighted by molar-refractivity contribution is -0.153. The molecular formula is C19H20N2O3. The molecule has 2 heterocycles. The van der Waals surface area contributed by atoms with Gasteiger partial charge in [0.15, 0.2) is 6.10 Å². The second-order valence-electron chi connectivity index (χ2n) is 5.87. The van der Waals surface area contributed by atoms with Gasteiger partial charge in [0.1, 0.15) is 0 Å². The van der Waals surface area contributed by atoms with Gasteiger partial charge in [-0.25, -0.2) is 0 Å². The molecule has 1 saturated heterocycles. The van der Waals surface area contributed by atoms with Crippen molar-refractivity contribution in [2.24, 2.45) is 0 Å². The Morgan fingerprint density at radius 3 is 2.54 bits per heavy atom. The number of hydrogen-bond acceptors (Lipinski definition) is 4. The quantitative estimate of drug-likeness (QED) is 0.765. The lowest BCUT2D eigenvalue weighted by atomic mass is 10.1. The van der Waals surface area contributed by atoms with E-state index in [1.54, 1.807) is 17.3 Å². The van der Waals surface area contributed by atoms with Crippen molar-refractivity contribution in [3.63, 3.8) is 0 Å². The van der Waals surface area contributed by atoms with Crippen LogP contribution in [0.1, 0.15) is 24.0 Å². The van der Waals surface area contributed by atoms with Crippen molar-refractivity contribution in [1.29, 1.82) is 0 Å². The number of ether oxygens (including phenoxy) is 1. The number of amides is 1. The predicted octanol–water partition coefficient (Wildman–Crippen LogP) is 2.36. The molecule has 0 saturated carbocycles. The summed E-state index contributed by atoms with van der Waals surface area (Å²) >= 11 is 0. The summed E-state index contributed by atoms with van der Waals surface area (Å²) in [4.78, 5) is 29.8. The van der Waals surface area contributed by atoms with E-state index < -0.39 is 6.10 Å². The molecule has 3 rings (SSSR count). The Labute approximate surface area is 141 Å². The fourth-order valence-electron chi connectivity index (χ4n) is 2.79. The molecule has 0 aliphatic carbocycles. The van der Waals surface area contributed by atoms with Crippen molar-refractivity contribution in [3.05, 3.63) is 66.0 Å². The molecule has 1 fully saturated rings. The van der Waals surface area contributed by atoms with Crippen molar-refractivity contribution in [1.82, 2.24) is 9.88 Å². The highest BCUT2D eigenvalue weighted by molar-refractivity contribution is 5.86. The third kappa shape index (κ3) is 4.19. The van der Waals surface area contributed by atoms with Crippen LogP contribution in [0.2, 0.25) is 0 Å². The molecule has 1 aliphatic rings. The number of esters is 1. The van der Waals surface area contributed by atoms with Gasteiger partial charge in [0.05, 0.1) is 0 Å². The Morgan fingerprint density at radius 1 is 1.12 bits per heavy atom. The number of cyclic esters (lactones) is 1. The first-order valence-corrected chi connectivity index (χ1v) is 8.13. The largest absolute Gasteiger partial charge is 0.452 e. The maximum Gasteiger partial charge on any atom is 0.306 e. The topological polar surface area (TPSA) is 59.5 Å². The van der Waals surface area contributed by atoms with Crippen molar-refractivity contribution in [2.45, 2.75) is 31.9 Å². The molecule has 0 N–H and O–H groups in total. The van der Waals surface area contributed by atoms with E-state index in [1.807, 2.05) is 42.5 Å². The van der Waals surface area contributed by atoms with E-state index in [1.165, 1.54) is 5.56 Å². The third-order valence-corrected chi connectivity index (χ3v) is 4.11. The summed E-state index contributed by atoms with van der Waals surface area (Å²) in [5.74, 6) is -0.408. The maximum atomic E-state index is 12.7. The fourth-order valence-corrected chi connectivity index (χ4v) is 2.79. The Hall–Kier alpha value is -2.69. The molecule has 1 aliphatic heterocycles. The average molecular weight is 324 g/mol.